The van der Waals surface area contributed by atoms with Gasteiger partial charge in [0.05, 0.1) is 10.0 Å². The van der Waals surface area contributed by atoms with Gasteiger partial charge in [-0.1, -0.05) is 42.3 Å². The van der Waals surface area contributed by atoms with Crippen LogP contribution in [0.2, 0.25) is 10.0 Å². The van der Waals surface area contributed by atoms with Gasteiger partial charge in [-0.2, -0.15) is 0 Å². The predicted molar refractivity (Wildman–Crippen MR) is 87.6 cm³/mol. The van der Waals surface area contributed by atoms with E-state index >= 15 is 0 Å². The van der Waals surface area contributed by atoms with Crippen molar-refractivity contribution in [2.75, 3.05) is 32.7 Å². The molecule has 1 aromatic carbocycles. The van der Waals surface area contributed by atoms with Crippen LogP contribution in [0.25, 0.3) is 0 Å². The fourth-order valence-corrected chi connectivity index (χ4v) is 2.69. The van der Waals surface area contributed by atoms with Crippen LogP contribution in [0.5, 0.6) is 0 Å². The number of rotatable bonds is 5. The minimum atomic E-state index is 0.631. The Hall–Kier alpha value is -0.700. The number of hydrogen-bond donors (Lipinski definition) is 0. The van der Waals surface area contributed by atoms with Crippen molar-refractivity contribution >= 4 is 23.2 Å². The monoisotopic (exact) mass is 312 g/mol. The molecule has 4 heteroatoms. The van der Waals surface area contributed by atoms with Gasteiger partial charge in [-0.25, -0.2) is 0 Å². The average Bonchev–Trinajstić information content (AvgIpc) is 2.47. The molecular weight excluding hydrogens is 291 g/mol. The first kappa shape index (κ1) is 15.7. The van der Waals surface area contributed by atoms with Gasteiger partial charge in [0.2, 0.25) is 0 Å². The zero-order valence-corrected chi connectivity index (χ0v) is 13.5. The topological polar surface area (TPSA) is 6.48 Å². The van der Waals surface area contributed by atoms with Crippen molar-refractivity contribution in [1.82, 2.24) is 9.80 Å². The maximum absolute atomic E-state index is 6.04. The molecule has 2 rings (SSSR count). The Kier molecular flexibility index (Phi) is 6.21. The van der Waals surface area contributed by atoms with Crippen LogP contribution in [0.1, 0.15) is 18.9 Å². The Labute approximate surface area is 132 Å². The number of nitrogens with zero attached hydrogens (tertiary/aromatic N) is 2. The molecule has 0 N–H and O–H groups in total. The van der Waals surface area contributed by atoms with E-state index in [1.807, 2.05) is 12.1 Å². The van der Waals surface area contributed by atoms with Crippen LogP contribution in [0.15, 0.2) is 30.5 Å². The summed E-state index contributed by atoms with van der Waals surface area (Å²) < 4.78 is 0. The molecule has 0 bridgehead atoms. The van der Waals surface area contributed by atoms with Gasteiger partial charge in [-0.3, -0.25) is 4.90 Å². The van der Waals surface area contributed by atoms with E-state index in [4.69, 9.17) is 23.2 Å². The molecule has 0 aromatic heterocycles. The summed E-state index contributed by atoms with van der Waals surface area (Å²) in [4.78, 5) is 4.91. The summed E-state index contributed by atoms with van der Waals surface area (Å²) in [7, 11) is 0. The zero-order chi connectivity index (χ0) is 14.4. The van der Waals surface area contributed by atoms with E-state index in [2.05, 4.69) is 35.1 Å². The Morgan fingerprint density at radius 1 is 1.10 bits per heavy atom. The minimum absolute atomic E-state index is 0.631. The lowest BCUT2D eigenvalue weighted by atomic mass is 10.1. The maximum Gasteiger partial charge on any atom is 0.0595 e. The smallest absolute Gasteiger partial charge is 0.0595 e. The largest absolute Gasteiger partial charge is 0.375 e. The van der Waals surface area contributed by atoms with E-state index in [-0.39, 0.29) is 0 Å². The first-order valence-electron chi connectivity index (χ1n) is 7.26. The van der Waals surface area contributed by atoms with Crippen LogP contribution in [0.3, 0.4) is 0 Å². The van der Waals surface area contributed by atoms with Crippen molar-refractivity contribution < 1.29 is 0 Å². The third kappa shape index (κ3) is 4.69. The Balaban J connectivity index is 1.75. The van der Waals surface area contributed by atoms with Gasteiger partial charge < -0.3 is 4.90 Å². The molecule has 0 spiro atoms. The molecule has 0 unspecified atom stereocenters. The summed E-state index contributed by atoms with van der Waals surface area (Å²) in [5.41, 5.74) is 1.26. The molecule has 0 saturated carbocycles. The average molecular weight is 313 g/mol. The highest BCUT2D eigenvalue weighted by Gasteiger charge is 2.13. The molecule has 0 amide bonds. The summed E-state index contributed by atoms with van der Waals surface area (Å²) in [5, 5.41) is 1.28. The standard InChI is InChI=1S/C16H22Cl2N2/c1-2-3-7-19-9-11-20(12-10-19)8-6-14-4-5-15(17)16(18)13-14/h3-5,7,13H,2,6,8-12H2,1H3/b7-3+. The van der Waals surface area contributed by atoms with Crippen LogP contribution in [-0.2, 0) is 6.42 Å². The van der Waals surface area contributed by atoms with Crippen molar-refractivity contribution in [2.24, 2.45) is 0 Å². The summed E-state index contributed by atoms with van der Waals surface area (Å²) in [6.45, 7) is 7.77. The molecule has 1 aliphatic heterocycles. The second-order valence-electron chi connectivity index (χ2n) is 5.17. The van der Waals surface area contributed by atoms with Crippen LogP contribution in [-0.4, -0.2) is 42.5 Å². The van der Waals surface area contributed by atoms with Crippen molar-refractivity contribution in [3.05, 3.63) is 46.1 Å². The van der Waals surface area contributed by atoms with Gasteiger partial charge in [0.25, 0.3) is 0 Å². The summed E-state index contributed by atoms with van der Waals surface area (Å²) in [6, 6.07) is 5.92. The van der Waals surface area contributed by atoms with Gasteiger partial charge in [0.1, 0.15) is 0 Å². The highest BCUT2D eigenvalue weighted by atomic mass is 35.5. The van der Waals surface area contributed by atoms with Crippen molar-refractivity contribution in [1.29, 1.82) is 0 Å². The summed E-state index contributed by atoms with van der Waals surface area (Å²) in [6.07, 6.45) is 6.60. The zero-order valence-electron chi connectivity index (χ0n) is 12.0. The Morgan fingerprint density at radius 3 is 2.50 bits per heavy atom. The Bertz CT molecular complexity index is 452. The second-order valence-corrected chi connectivity index (χ2v) is 5.98. The van der Waals surface area contributed by atoms with Crippen LogP contribution in [0.4, 0.5) is 0 Å². The third-order valence-electron chi connectivity index (χ3n) is 3.66. The molecule has 20 heavy (non-hydrogen) atoms. The molecule has 1 fully saturated rings. The third-order valence-corrected chi connectivity index (χ3v) is 4.40. The van der Waals surface area contributed by atoms with Crippen LogP contribution < -0.4 is 0 Å². The van der Waals surface area contributed by atoms with Gasteiger partial charge in [-0.15, -0.1) is 0 Å². The molecule has 110 valence electrons. The number of halogens is 2. The normalized spacial score (nSPS) is 17.1. The maximum atomic E-state index is 6.04. The second kappa shape index (κ2) is 7.92. The molecule has 0 radical (unpaired) electrons. The molecule has 1 aromatic rings. The van der Waals surface area contributed by atoms with Crippen molar-refractivity contribution in [2.45, 2.75) is 19.8 Å². The number of piperazine rings is 1. The molecule has 0 atom stereocenters. The first-order valence-corrected chi connectivity index (χ1v) is 8.01. The van der Waals surface area contributed by atoms with Crippen molar-refractivity contribution in [3.63, 3.8) is 0 Å². The van der Waals surface area contributed by atoms with Gasteiger partial charge in [0.15, 0.2) is 0 Å². The van der Waals surface area contributed by atoms with Crippen molar-refractivity contribution in [3.8, 4) is 0 Å². The molecule has 1 heterocycles. The predicted octanol–water partition coefficient (Wildman–Crippen LogP) is 4.08. The lowest BCUT2D eigenvalue weighted by molar-refractivity contribution is 0.170. The minimum Gasteiger partial charge on any atom is -0.375 e. The number of allylic oxidation sites excluding steroid dienone is 1. The Morgan fingerprint density at radius 2 is 1.85 bits per heavy atom. The highest BCUT2D eigenvalue weighted by Crippen LogP contribution is 2.22. The van der Waals surface area contributed by atoms with E-state index in [9.17, 15) is 0 Å². The number of hydrogen-bond acceptors (Lipinski definition) is 2. The SMILES string of the molecule is CC/C=C/N1CCN(CCc2ccc(Cl)c(Cl)c2)CC1. The van der Waals surface area contributed by atoms with Gasteiger partial charge in [0, 0.05) is 32.7 Å². The van der Waals surface area contributed by atoms with Crippen LogP contribution >= 0.6 is 23.2 Å². The van der Waals surface area contributed by atoms with E-state index in [0.29, 0.717) is 10.0 Å². The molecule has 2 nitrogen and oxygen atoms in total. The molecule has 0 aliphatic carbocycles. The molecular formula is C16H22Cl2N2. The quantitative estimate of drug-likeness (QED) is 0.808. The molecule has 1 aliphatic rings. The van der Waals surface area contributed by atoms with E-state index < -0.39 is 0 Å². The fourth-order valence-electron chi connectivity index (χ4n) is 2.37. The summed E-state index contributed by atoms with van der Waals surface area (Å²) >= 11 is 12.0. The van der Waals surface area contributed by atoms with E-state index in [1.54, 1.807) is 0 Å². The van der Waals surface area contributed by atoms with E-state index in [0.717, 1.165) is 45.6 Å². The molecule has 1 saturated heterocycles. The van der Waals surface area contributed by atoms with Gasteiger partial charge >= 0.3 is 0 Å². The lowest BCUT2D eigenvalue weighted by Crippen LogP contribution is -2.44. The highest BCUT2D eigenvalue weighted by molar-refractivity contribution is 6.42. The van der Waals surface area contributed by atoms with Crippen LogP contribution in [0, 0.1) is 0 Å². The lowest BCUT2D eigenvalue weighted by Gasteiger charge is -2.34. The fraction of sp³-hybridized carbons (Fsp3) is 0.500. The number of benzene rings is 1. The summed E-state index contributed by atoms with van der Waals surface area (Å²) in [5.74, 6) is 0. The van der Waals surface area contributed by atoms with E-state index in [1.165, 1.54) is 5.56 Å². The van der Waals surface area contributed by atoms with Gasteiger partial charge in [-0.05, 0) is 36.7 Å². The first-order chi connectivity index (χ1) is 9.69.